The molecule has 0 aliphatic heterocycles. The van der Waals surface area contributed by atoms with E-state index in [1.54, 1.807) is 6.07 Å². The summed E-state index contributed by atoms with van der Waals surface area (Å²) < 4.78 is 36.8. The van der Waals surface area contributed by atoms with Gasteiger partial charge in [0.25, 0.3) is 0 Å². The molecule has 0 atom stereocenters. The molecule has 0 aliphatic rings. The lowest BCUT2D eigenvalue weighted by Gasteiger charge is -2.11. The maximum absolute atomic E-state index is 12.3. The summed E-state index contributed by atoms with van der Waals surface area (Å²) >= 11 is 5.05. The topological polar surface area (TPSA) is 61.1 Å². The molecule has 0 aromatic heterocycles. The van der Waals surface area contributed by atoms with Gasteiger partial charge in [-0.1, -0.05) is 0 Å². The van der Waals surface area contributed by atoms with Gasteiger partial charge in [-0.05, 0) is 29.5 Å². The summed E-state index contributed by atoms with van der Waals surface area (Å²) in [7, 11) is 0. The van der Waals surface area contributed by atoms with Crippen molar-refractivity contribution in [1.82, 2.24) is 0 Å². The third-order valence-corrected chi connectivity index (χ3v) is 3.04. The van der Waals surface area contributed by atoms with E-state index >= 15 is 0 Å². The van der Waals surface area contributed by atoms with E-state index < -0.39 is 23.2 Å². The number of alkyl halides is 4. The Balaban J connectivity index is 3.36. The molecule has 1 aromatic rings. The quantitative estimate of drug-likeness (QED) is 0.683. The summed E-state index contributed by atoms with van der Waals surface area (Å²) in [5.74, 6) is -1.66. The van der Waals surface area contributed by atoms with E-state index in [0.29, 0.717) is 0 Å². The Hall–Kier alpha value is -1.39. The summed E-state index contributed by atoms with van der Waals surface area (Å²) in [6.45, 7) is 0. The number of aromatic carboxylic acids is 1. The highest BCUT2D eigenvalue weighted by Crippen LogP contribution is 2.39. The van der Waals surface area contributed by atoms with Gasteiger partial charge in [-0.2, -0.15) is 18.4 Å². The molecule has 1 aromatic carbocycles. The first-order valence-electron chi connectivity index (χ1n) is 4.40. The number of nitrogens with zero attached hydrogens (tertiary/aromatic N) is 1. The molecule has 18 heavy (non-hydrogen) atoms. The van der Waals surface area contributed by atoms with Gasteiger partial charge >= 0.3 is 11.5 Å². The van der Waals surface area contributed by atoms with Gasteiger partial charge in [0.2, 0.25) is 0 Å². The third-order valence-electron chi connectivity index (χ3n) is 1.92. The van der Waals surface area contributed by atoms with Crippen molar-refractivity contribution in [2.45, 2.75) is 16.3 Å². The molecule has 0 radical (unpaired) electrons. The van der Waals surface area contributed by atoms with E-state index in [4.69, 9.17) is 22.0 Å². The van der Waals surface area contributed by atoms with E-state index in [1.165, 1.54) is 0 Å². The van der Waals surface area contributed by atoms with Crippen LogP contribution >= 0.6 is 23.4 Å². The fraction of sp³-hybridized carbons (Fsp3) is 0.200. The fourth-order valence-corrected chi connectivity index (χ4v) is 2.21. The molecule has 3 nitrogen and oxygen atoms in total. The van der Waals surface area contributed by atoms with Gasteiger partial charge < -0.3 is 5.11 Å². The normalized spacial score (nSPS) is 11.1. The molecular weight excluding hydrogens is 291 g/mol. The average molecular weight is 296 g/mol. The van der Waals surface area contributed by atoms with Crippen LogP contribution in [0.5, 0.6) is 0 Å². The number of benzene rings is 1. The van der Waals surface area contributed by atoms with Crippen LogP contribution in [0.1, 0.15) is 21.5 Å². The number of hydrogen-bond donors (Lipinski definition) is 1. The predicted octanol–water partition coefficient (Wildman–Crippen LogP) is 3.61. The summed E-state index contributed by atoms with van der Waals surface area (Å²) in [6.07, 6.45) is 0. The SMILES string of the molecule is N#Cc1cc(SC(F)(F)F)c(CCl)cc1C(=O)O. The zero-order valence-corrected chi connectivity index (χ0v) is 10.2. The van der Waals surface area contributed by atoms with Gasteiger partial charge in [0.05, 0.1) is 11.1 Å². The molecule has 1 N–H and O–H groups in total. The second kappa shape index (κ2) is 5.50. The van der Waals surface area contributed by atoms with E-state index in [2.05, 4.69) is 0 Å². The van der Waals surface area contributed by atoms with E-state index in [0.717, 1.165) is 12.1 Å². The summed E-state index contributed by atoms with van der Waals surface area (Å²) in [5.41, 5.74) is -5.20. The Labute approximate surface area is 109 Å². The molecule has 0 fully saturated rings. The van der Waals surface area contributed by atoms with Crippen molar-refractivity contribution in [2.24, 2.45) is 0 Å². The molecule has 1 rings (SSSR count). The van der Waals surface area contributed by atoms with Gasteiger partial charge in [0.15, 0.2) is 0 Å². The Kier molecular flexibility index (Phi) is 4.48. The molecule has 0 saturated heterocycles. The molecule has 0 saturated carbocycles. The monoisotopic (exact) mass is 295 g/mol. The Morgan fingerprint density at radius 1 is 1.50 bits per heavy atom. The standard InChI is InChI=1S/C10H5ClF3NO2S/c11-3-5-1-7(9(16)17)6(4-15)2-8(5)18-10(12,13)14/h1-2H,3H2,(H,16,17). The lowest BCUT2D eigenvalue weighted by Crippen LogP contribution is -2.05. The van der Waals surface area contributed by atoms with Gasteiger partial charge in [0, 0.05) is 10.8 Å². The van der Waals surface area contributed by atoms with Crippen LogP contribution in [-0.2, 0) is 5.88 Å². The highest BCUT2D eigenvalue weighted by atomic mass is 35.5. The maximum atomic E-state index is 12.3. The lowest BCUT2D eigenvalue weighted by atomic mass is 10.1. The van der Waals surface area contributed by atoms with Crippen LogP contribution in [-0.4, -0.2) is 16.6 Å². The van der Waals surface area contributed by atoms with Crippen molar-refractivity contribution in [3.63, 3.8) is 0 Å². The number of nitriles is 1. The van der Waals surface area contributed by atoms with Crippen LogP contribution in [0, 0.1) is 11.3 Å². The molecular formula is C10H5ClF3NO2S. The first-order chi connectivity index (χ1) is 8.28. The van der Waals surface area contributed by atoms with Gasteiger partial charge in [-0.15, -0.1) is 11.6 Å². The van der Waals surface area contributed by atoms with Crippen LogP contribution in [0.2, 0.25) is 0 Å². The van der Waals surface area contributed by atoms with Gasteiger partial charge in [0.1, 0.15) is 6.07 Å². The zero-order chi connectivity index (χ0) is 13.9. The molecule has 0 spiro atoms. The Bertz CT molecular complexity index is 525. The Morgan fingerprint density at radius 3 is 2.50 bits per heavy atom. The lowest BCUT2D eigenvalue weighted by molar-refractivity contribution is -0.0328. The average Bonchev–Trinajstić information content (AvgIpc) is 2.25. The molecule has 0 unspecified atom stereocenters. The van der Waals surface area contributed by atoms with Crippen molar-refractivity contribution >= 4 is 29.3 Å². The van der Waals surface area contributed by atoms with Crippen LogP contribution in [0.3, 0.4) is 0 Å². The first kappa shape index (κ1) is 14.7. The van der Waals surface area contributed by atoms with Crippen LogP contribution < -0.4 is 0 Å². The number of hydrogen-bond acceptors (Lipinski definition) is 3. The number of carbonyl (C=O) groups is 1. The number of carboxylic acid groups (broad SMARTS) is 1. The van der Waals surface area contributed by atoms with Crippen LogP contribution in [0.15, 0.2) is 17.0 Å². The molecule has 0 amide bonds. The predicted molar refractivity (Wildman–Crippen MR) is 59.6 cm³/mol. The van der Waals surface area contributed by atoms with Crippen LogP contribution in [0.4, 0.5) is 13.2 Å². The second-order valence-electron chi connectivity index (χ2n) is 3.10. The number of halogens is 4. The minimum Gasteiger partial charge on any atom is -0.478 e. The minimum absolute atomic E-state index is 0.0235. The Morgan fingerprint density at radius 2 is 2.11 bits per heavy atom. The largest absolute Gasteiger partial charge is 0.478 e. The smallest absolute Gasteiger partial charge is 0.446 e. The minimum atomic E-state index is -4.53. The molecule has 0 aliphatic carbocycles. The highest BCUT2D eigenvalue weighted by Gasteiger charge is 2.31. The number of thioether (sulfide) groups is 1. The highest BCUT2D eigenvalue weighted by molar-refractivity contribution is 8.00. The van der Waals surface area contributed by atoms with Crippen molar-refractivity contribution in [2.75, 3.05) is 0 Å². The van der Waals surface area contributed by atoms with E-state index in [-0.39, 0.29) is 27.5 Å². The maximum Gasteiger partial charge on any atom is 0.446 e. The summed E-state index contributed by atoms with van der Waals surface area (Å²) in [4.78, 5) is 10.6. The van der Waals surface area contributed by atoms with Gasteiger partial charge in [-0.25, -0.2) is 4.79 Å². The summed E-state index contributed by atoms with van der Waals surface area (Å²) in [6, 6.07) is 3.43. The molecule has 96 valence electrons. The molecule has 8 heteroatoms. The summed E-state index contributed by atoms with van der Waals surface area (Å²) in [5, 5.41) is 17.5. The van der Waals surface area contributed by atoms with E-state index in [9.17, 15) is 18.0 Å². The zero-order valence-electron chi connectivity index (χ0n) is 8.58. The van der Waals surface area contributed by atoms with Gasteiger partial charge in [-0.3, -0.25) is 0 Å². The van der Waals surface area contributed by atoms with Crippen molar-refractivity contribution < 1.29 is 23.1 Å². The molecule has 0 bridgehead atoms. The fourth-order valence-electron chi connectivity index (χ4n) is 1.22. The van der Waals surface area contributed by atoms with Crippen molar-refractivity contribution in [3.05, 3.63) is 28.8 Å². The van der Waals surface area contributed by atoms with E-state index in [1.807, 2.05) is 0 Å². The number of rotatable bonds is 3. The number of carboxylic acids is 1. The van der Waals surface area contributed by atoms with Crippen molar-refractivity contribution in [3.8, 4) is 6.07 Å². The van der Waals surface area contributed by atoms with Crippen molar-refractivity contribution in [1.29, 1.82) is 5.26 Å². The van der Waals surface area contributed by atoms with Crippen LogP contribution in [0.25, 0.3) is 0 Å². The third kappa shape index (κ3) is 3.55. The molecule has 0 heterocycles. The first-order valence-corrected chi connectivity index (χ1v) is 5.75. The second-order valence-corrected chi connectivity index (χ2v) is 4.48.